The standard InChI is InChI=1S/C31H38N8O/c1-2-36-14-16-37(17-15-36)28(40)21-38-18-19-39-27-20-23(31-32-34-35-33-31)12-13-24(27)29(22-8-4-3-5-9-22)30(39)25-10-6-7-11-26(25)38/h6-7,10-13,20,22H,2-5,8-9,14-19,21H2,1H3,(H,32,33,34,35). The van der Waals surface area contributed by atoms with Crippen molar-refractivity contribution in [3.63, 3.8) is 0 Å². The van der Waals surface area contributed by atoms with Crippen LogP contribution in [0.1, 0.15) is 50.5 Å². The number of benzene rings is 2. The lowest BCUT2D eigenvalue weighted by Gasteiger charge is -2.35. The normalized spacial score (nSPS) is 18.5. The number of hydrogen-bond acceptors (Lipinski definition) is 6. The van der Waals surface area contributed by atoms with Crippen molar-refractivity contribution < 1.29 is 4.79 Å². The van der Waals surface area contributed by atoms with E-state index in [0.717, 1.165) is 51.4 Å². The van der Waals surface area contributed by atoms with E-state index in [1.807, 2.05) is 0 Å². The monoisotopic (exact) mass is 538 g/mol. The van der Waals surface area contributed by atoms with Crippen molar-refractivity contribution >= 4 is 22.5 Å². The molecular formula is C31H38N8O. The number of amides is 1. The summed E-state index contributed by atoms with van der Waals surface area (Å²) in [6.45, 7) is 8.81. The minimum atomic E-state index is 0.230. The van der Waals surface area contributed by atoms with Gasteiger partial charge in [0.2, 0.25) is 11.7 Å². The van der Waals surface area contributed by atoms with E-state index < -0.39 is 0 Å². The summed E-state index contributed by atoms with van der Waals surface area (Å²) < 4.78 is 2.51. The number of piperazine rings is 1. The summed E-state index contributed by atoms with van der Waals surface area (Å²) >= 11 is 0. The maximum Gasteiger partial charge on any atom is 0.242 e. The highest BCUT2D eigenvalue weighted by atomic mass is 16.2. The van der Waals surface area contributed by atoms with Gasteiger partial charge >= 0.3 is 0 Å². The summed E-state index contributed by atoms with van der Waals surface area (Å²) in [6.07, 6.45) is 6.35. The summed E-state index contributed by atoms with van der Waals surface area (Å²) in [7, 11) is 0. The number of likely N-dealkylation sites (N-methyl/N-ethyl adjacent to an activating group) is 1. The van der Waals surface area contributed by atoms with Crippen LogP contribution in [0.3, 0.4) is 0 Å². The number of carbonyl (C=O) groups excluding carboxylic acids is 1. The first kappa shape index (κ1) is 25.3. The van der Waals surface area contributed by atoms with E-state index in [-0.39, 0.29) is 5.91 Å². The predicted octanol–water partition coefficient (Wildman–Crippen LogP) is 4.52. The predicted molar refractivity (Wildman–Crippen MR) is 157 cm³/mol. The maximum absolute atomic E-state index is 13.5. The number of hydrogen-bond donors (Lipinski definition) is 1. The van der Waals surface area contributed by atoms with Crippen LogP contribution in [0, 0.1) is 0 Å². The number of nitrogens with zero attached hydrogens (tertiary/aromatic N) is 7. The van der Waals surface area contributed by atoms with Gasteiger partial charge in [-0.3, -0.25) is 4.79 Å². The molecule has 3 aliphatic rings. The minimum absolute atomic E-state index is 0.230. The number of nitrogens with one attached hydrogen (secondary N) is 1. The topological polar surface area (TPSA) is 86.2 Å². The van der Waals surface area contributed by atoms with Crippen LogP contribution in [0.15, 0.2) is 42.5 Å². The molecule has 0 spiro atoms. The molecule has 9 heteroatoms. The number of aromatic amines is 1. The molecule has 0 radical (unpaired) electrons. The highest BCUT2D eigenvalue weighted by Gasteiger charge is 2.31. The van der Waals surface area contributed by atoms with Gasteiger partial charge in [-0.15, -0.1) is 10.2 Å². The van der Waals surface area contributed by atoms with Crippen molar-refractivity contribution in [2.24, 2.45) is 0 Å². The van der Waals surface area contributed by atoms with Gasteiger partial charge in [-0.2, -0.15) is 5.21 Å². The Balaban J connectivity index is 1.30. The van der Waals surface area contributed by atoms with Gasteiger partial charge in [0, 0.05) is 67.0 Å². The van der Waals surface area contributed by atoms with Crippen LogP contribution in [0.2, 0.25) is 0 Å². The fourth-order valence-corrected chi connectivity index (χ4v) is 7.16. The maximum atomic E-state index is 13.5. The molecule has 2 fully saturated rings. The fraction of sp³-hybridized carbons (Fsp3) is 0.484. The average Bonchev–Trinajstić information content (AvgIpc) is 3.63. The molecule has 2 aromatic heterocycles. The first-order chi connectivity index (χ1) is 19.7. The van der Waals surface area contributed by atoms with Crippen LogP contribution < -0.4 is 4.90 Å². The number of aromatic nitrogens is 5. The Hall–Kier alpha value is -3.72. The number of anilines is 1. The van der Waals surface area contributed by atoms with Gasteiger partial charge in [-0.1, -0.05) is 56.5 Å². The Kier molecular flexibility index (Phi) is 6.75. The molecule has 1 amide bonds. The molecule has 208 valence electrons. The molecule has 1 saturated heterocycles. The van der Waals surface area contributed by atoms with Gasteiger partial charge in [-0.05, 0) is 48.2 Å². The van der Waals surface area contributed by atoms with Gasteiger partial charge in [-0.25, -0.2) is 0 Å². The molecule has 1 aliphatic carbocycles. The summed E-state index contributed by atoms with van der Waals surface area (Å²) in [5, 5.41) is 16.2. The zero-order valence-corrected chi connectivity index (χ0v) is 23.3. The smallest absolute Gasteiger partial charge is 0.242 e. The van der Waals surface area contributed by atoms with Crippen molar-refractivity contribution in [1.82, 2.24) is 35.0 Å². The van der Waals surface area contributed by atoms with Crippen LogP contribution in [0.4, 0.5) is 5.69 Å². The van der Waals surface area contributed by atoms with Crippen molar-refractivity contribution in [1.29, 1.82) is 0 Å². The van der Waals surface area contributed by atoms with Crippen molar-refractivity contribution in [3.8, 4) is 22.6 Å². The van der Waals surface area contributed by atoms with Gasteiger partial charge < -0.3 is 19.3 Å². The Morgan fingerprint density at radius 1 is 0.975 bits per heavy atom. The number of rotatable bonds is 5. The molecule has 0 atom stereocenters. The molecular weight excluding hydrogens is 500 g/mol. The van der Waals surface area contributed by atoms with E-state index in [9.17, 15) is 4.79 Å². The molecule has 40 heavy (non-hydrogen) atoms. The lowest BCUT2D eigenvalue weighted by molar-refractivity contribution is -0.131. The van der Waals surface area contributed by atoms with E-state index in [1.54, 1.807) is 0 Å². The van der Waals surface area contributed by atoms with Gasteiger partial charge in [0.25, 0.3) is 0 Å². The van der Waals surface area contributed by atoms with Crippen LogP contribution in [0.25, 0.3) is 33.5 Å². The zero-order valence-electron chi connectivity index (χ0n) is 23.3. The van der Waals surface area contributed by atoms with E-state index in [4.69, 9.17) is 0 Å². The Labute approximate surface area is 235 Å². The molecule has 2 aromatic carbocycles. The largest absolute Gasteiger partial charge is 0.360 e. The van der Waals surface area contributed by atoms with Crippen molar-refractivity contribution in [3.05, 3.63) is 48.0 Å². The molecule has 2 aliphatic heterocycles. The van der Waals surface area contributed by atoms with Crippen LogP contribution in [-0.4, -0.2) is 86.7 Å². The Bertz CT molecular complexity index is 1500. The van der Waals surface area contributed by atoms with Crippen LogP contribution in [0.5, 0.6) is 0 Å². The number of carbonyl (C=O) groups is 1. The Morgan fingerprint density at radius 3 is 2.58 bits per heavy atom. The highest BCUT2D eigenvalue weighted by molar-refractivity contribution is 5.97. The molecule has 0 unspecified atom stereocenters. The summed E-state index contributed by atoms with van der Waals surface area (Å²) in [5.74, 6) is 1.38. The lowest BCUT2D eigenvalue weighted by Crippen LogP contribution is -2.51. The molecule has 1 N–H and O–H groups in total. The SMILES string of the molecule is CCN1CCN(C(=O)CN2CCn3c(c(C4CCCCC4)c4ccc(-c5nn[nH]n5)cc43)-c3ccccc32)CC1. The van der Waals surface area contributed by atoms with Crippen molar-refractivity contribution in [2.45, 2.75) is 51.5 Å². The summed E-state index contributed by atoms with van der Waals surface area (Å²) in [6, 6.07) is 15.4. The van der Waals surface area contributed by atoms with Gasteiger partial charge in [0.05, 0.1) is 12.2 Å². The quantitative estimate of drug-likeness (QED) is 0.402. The molecule has 4 heterocycles. The lowest BCUT2D eigenvalue weighted by atomic mass is 9.81. The number of fused-ring (bicyclic) bond motifs is 5. The third kappa shape index (κ3) is 4.46. The summed E-state index contributed by atoms with van der Waals surface area (Å²) in [5.41, 5.74) is 7.39. The molecule has 7 rings (SSSR count). The second kappa shape index (κ2) is 10.7. The molecule has 4 aromatic rings. The van der Waals surface area contributed by atoms with Gasteiger partial charge in [0.15, 0.2) is 0 Å². The second-order valence-electron chi connectivity index (χ2n) is 11.5. The highest BCUT2D eigenvalue weighted by Crippen LogP contribution is 2.47. The summed E-state index contributed by atoms with van der Waals surface area (Å²) in [4.78, 5) is 20.3. The number of para-hydroxylation sites is 1. The number of H-pyrrole nitrogens is 1. The molecule has 1 saturated carbocycles. The zero-order chi connectivity index (χ0) is 27.1. The molecule has 0 bridgehead atoms. The van der Waals surface area contributed by atoms with E-state index in [1.165, 1.54) is 65.5 Å². The minimum Gasteiger partial charge on any atom is -0.360 e. The first-order valence-electron chi connectivity index (χ1n) is 15.0. The fourth-order valence-electron chi connectivity index (χ4n) is 7.16. The second-order valence-corrected chi connectivity index (χ2v) is 11.5. The van der Waals surface area contributed by atoms with Crippen molar-refractivity contribution in [2.75, 3.05) is 50.7 Å². The van der Waals surface area contributed by atoms with E-state index in [0.29, 0.717) is 18.3 Å². The van der Waals surface area contributed by atoms with Gasteiger partial charge in [0.1, 0.15) is 0 Å². The van der Waals surface area contributed by atoms with E-state index in [2.05, 4.69) is 89.3 Å². The number of tetrazole rings is 1. The van der Waals surface area contributed by atoms with Crippen LogP contribution >= 0.6 is 0 Å². The average molecular weight is 539 g/mol. The first-order valence-corrected chi connectivity index (χ1v) is 15.0. The van der Waals surface area contributed by atoms with Crippen LogP contribution in [-0.2, 0) is 11.3 Å². The van der Waals surface area contributed by atoms with E-state index >= 15 is 0 Å². The third-order valence-electron chi connectivity index (χ3n) is 9.31. The molecule has 9 nitrogen and oxygen atoms in total. The third-order valence-corrected chi connectivity index (χ3v) is 9.31. The Morgan fingerprint density at radius 2 is 1.80 bits per heavy atom.